The van der Waals surface area contributed by atoms with Crippen molar-refractivity contribution in [2.24, 2.45) is 0 Å². The summed E-state index contributed by atoms with van der Waals surface area (Å²) in [5, 5.41) is 9.76. The Kier molecular flexibility index (Phi) is 67.7. The Labute approximate surface area is 560 Å². The molecule has 0 fully saturated rings. The predicted octanol–water partition coefficient (Wildman–Crippen LogP) is 23.7. The summed E-state index contributed by atoms with van der Waals surface area (Å²) in [5.74, 6) is -2.05. The van der Waals surface area contributed by atoms with Gasteiger partial charge in [-0.3, -0.25) is 9.59 Å². The van der Waals surface area contributed by atoms with E-state index in [4.69, 9.17) is 18.9 Å². The molecule has 0 heterocycles. The number of allylic oxidation sites excluding steroid dienone is 22. The summed E-state index contributed by atoms with van der Waals surface area (Å²) in [4.78, 5) is 37.7. The van der Waals surface area contributed by atoms with Gasteiger partial charge in [0.05, 0.1) is 34.4 Å². The number of carboxylic acids is 1. The number of esters is 2. The van der Waals surface area contributed by atoms with Gasteiger partial charge in [-0.1, -0.05) is 334 Å². The number of hydrogen-bond acceptors (Lipinski definition) is 7. The predicted molar refractivity (Wildman–Crippen MR) is 391 cm³/mol. The molecule has 520 valence electrons. The van der Waals surface area contributed by atoms with Crippen LogP contribution in [-0.2, 0) is 33.3 Å². The number of likely N-dealkylation sites (N-methyl/N-ethyl adjacent to an activating group) is 1. The van der Waals surface area contributed by atoms with Crippen LogP contribution >= 0.6 is 0 Å². The fraction of sp³-hybridized carbons (Fsp3) is 0.695. The largest absolute Gasteiger partial charge is 0.477 e. The summed E-state index contributed by atoms with van der Waals surface area (Å²) in [6, 6.07) is 0. The Morgan fingerprint density at radius 3 is 0.934 bits per heavy atom. The molecule has 0 bridgehead atoms. The summed E-state index contributed by atoms with van der Waals surface area (Å²) in [5.41, 5.74) is 0. The standard InChI is InChI=1S/C82H139NO8/c1-6-8-10-12-14-16-18-20-22-24-26-28-30-32-34-36-37-38-39-40-41-42-43-45-47-49-51-53-55-57-59-61-63-65-67-69-71-73-80(85)91-78(77-90-82(81(86)87)88-75-74-83(3,4)5)76-89-79(84)72-70-68-66-64-62-60-58-56-54-52-50-48-46-44-35-33-31-29-27-25-23-21-19-17-15-13-11-9-7-2/h8,10,14,16,20,22,26,28,32,34,37-38,40-41,43,45,49,51,55,57,61,63,78,82H,6-7,9,11-13,15,17-19,21,23-25,27,29-31,33,35-36,39,42,44,46-48,50,52-54,56,58-60,62,64-77H2,1-5H3/p+1/b10-8-,16-14-,22-20-,28-26-,34-32-,38-37-,41-40-,45-43-,51-49-,57-55-,63-61-. The highest BCUT2D eigenvalue weighted by Gasteiger charge is 2.25. The van der Waals surface area contributed by atoms with Gasteiger partial charge < -0.3 is 28.5 Å². The van der Waals surface area contributed by atoms with Crippen molar-refractivity contribution in [3.05, 3.63) is 134 Å². The van der Waals surface area contributed by atoms with Crippen molar-refractivity contribution in [2.45, 2.75) is 322 Å². The molecule has 2 unspecified atom stereocenters. The number of aliphatic carboxylic acids is 1. The number of nitrogens with zero attached hydrogens (tertiary/aromatic N) is 1. The van der Waals surface area contributed by atoms with E-state index in [1.807, 2.05) is 21.1 Å². The molecule has 0 radical (unpaired) electrons. The SMILES string of the molecule is CC/C=C\C/C=C\C/C=C\C/C=C\C/C=C\C/C=C\C/C=C\C/C=C\C/C=C\C/C=C\C/C=C\CCCCCC(=O)OC(COC(=O)CCCCCCCCCCCCCCCCCCCCCCCCCCCCCCC)COC(OCC[N+](C)(C)C)C(=O)O. The first kappa shape index (κ1) is 86.4. The maximum atomic E-state index is 12.9. The van der Waals surface area contributed by atoms with E-state index >= 15 is 0 Å². The molecule has 9 nitrogen and oxygen atoms in total. The van der Waals surface area contributed by atoms with Crippen LogP contribution in [-0.4, -0.2) is 87.4 Å². The number of unbranched alkanes of at least 4 members (excludes halogenated alkanes) is 31. The lowest BCUT2D eigenvalue weighted by Crippen LogP contribution is -2.40. The third-order valence-corrected chi connectivity index (χ3v) is 15.9. The molecule has 0 aliphatic carbocycles. The van der Waals surface area contributed by atoms with E-state index in [2.05, 4.69) is 148 Å². The van der Waals surface area contributed by atoms with Gasteiger partial charge in [0.25, 0.3) is 6.29 Å². The smallest absolute Gasteiger partial charge is 0.361 e. The van der Waals surface area contributed by atoms with E-state index in [9.17, 15) is 19.5 Å². The molecule has 0 amide bonds. The Morgan fingerprint density at radius 1 is 0.341 bits per heavy atom. The molecule has 0 saturated heterocycles. The van der Waals surface area contributed by atoms with Gasteiger partial charge in [-0.05, 0) is 96.3 Å². The van der Waals surface area contributed by atoms with Crippen LogP contribution in [0.2, 0.25) is 0 Å². The number of carboxylic acid groups (broad SMARTS) is 1. The fourth-order valence-electron chi connectivity index (χ4n) is 10.3. The lowest BCUT2D eigenvalue weighted by atomic mass is 10.0. The quantitative estimate of drug-likeness (QED) is 0.0211. The lowest BCUT2D eigenvalue weighted by Gasteiger charge is -2.25. The molecule has 91 heavy (non-hydrogen) atoms. The first-order valence-electron chi connectivity index (χ1n) is 37.3. The Balaban J connectivity index is 4.19. The van der Waals surface area contributed by atoms with Crippen molar-refractivity contribution in [1.29, 1.82) is 0 Å². The summed E-state index contributed by atoms with van der Waals surface area (Å²) in [6.07, 6.45) is 100. The third-order valence-electron chi connectivity index (χ3n) is 15.9. The van der Waals surface area contributed by atoms with Gasteiger partial charge in [0, 0.05) is 12.8 Å². The van der Waals surface area contributed by atoms with Gasteiger partial charge in [0.15, 0.2) is 6.10 Å². The zero-order valence-electron chi connectivity index (χ0n) is 59.5. The molecular formula is C82H140NO8+. The van der Waals surface area contributed by atoms with Crippen molar-refractivity contribution < 1.29 is 42.9 Å². The molecule has 0 aromatic carbocycles. The van der Waals surface area contributed by atoms with Crippen molar-refractivity contribution in [3.8, 4) is 0 Å². The minimum atomic E-state index is -1.53. The minimum absolute atomic E-state index is 0.175. The highest BCUT2D eigenvalue weighted by molar-refractivity contribution is 5.71. The van der Waals surface area contributed by atoms with E-state index in [-0.39, 0.29) is 32.2 Å². The molecule has 0 aliphatic rings. The Morgan fingerprint density at radius 2 is 0.626 bits per heavy atom. The van der Waals surface area contributed by atoms with Crippen molar-refractivity contribution in [2.75, 3.05) is 47.5 Å². The zero-order valence-corrected chi connectivity index (χ0v) is 59.5. The van der Waals surface area contributed by atoms with Crippen molar-refractivity contribution in [3.63, 3.8) is 0 Å². The van der Waals surface area contributed by atoms with Crippen LogP contribution in [0.1, 0.15) is 309 Å². The molecule has 1 N–H and O–H groups in total. The van der Waals surface area contributed by atoms with E-state index in [0.29, 0.717) is 23.9 Å². The number of quaternary nitrogens is 1. The number of rotatable bonds is 68. The van der Waals surface area contributed by atoms with E-state index in [0.717, 1.165) is 109 Å². The summed E-state index contributed by atoms with van der Waals surface area (Å²) < 4.78 is 23.0. The highest BCUT2D eigenvalue weighted by Crippen LogP contribution is 2.18. The molecule has 0 saturated carbocycles. The number of carbonyl (C=O) groups is 3. The second-order valence-corrected chi connectivity index (χ2v) is 25.9. The molecule has 0 aliphatic heterocycles. The molecule has 0 aromatic heterocycles. The van der Waals surface area contributed by atoms with Crippen LogP contribution in [0.15, 0.2) is 134 Å². The second-order valence-electron chi connectivity index (χ2n) is 25.9. The van der Waals surface area contributed by atoms with Crippen LogP contribution in [0.5, 0.6) is 0 Å². The van der Waals surface area contributed by atoms with E-state index in [1.165, 1.54) is 167 Å². The summed E-state index contributed by atoms with van der Waals surface area (Å²) in [7, 11) is 5.96. The lowest BCUT2D eigenvalue weighted by molar-refractivity contribution is -0.870. The van der Waals surface area contributed by atoms with Gasteiger partial charge in [0.1, 0.15) is 13.2 Å². The van der Waals surface area contributed by atoms with Crippen LogP contribution in [0.25, 0.3) is 0 Å². The fourth-order valence-corrected chi connectivity index (χ4v) is 10.3. The minimum Gasteiger partial charge on any atom is -0.477 e. The topological polar surface area (TPSA) is 108 Å². The first-order valence-corrected chi connectivity index (χ1v) is 37.3. The monoisotopic (exact) mass is 1270 g/mol. The maximum Gasteiger partial charge on any atom is 0.361 e. The van der Waals surface area contributed by atoms with Gasteiger partial charge in [-0.25, -0.2) is 4.79 Å². The molecule has 0 spiro atoms. The van der Waals surface area contributed by atoms with Gasteiger partial charge in [-0.15, -0.1) is 0 Å². The molecule has 2 atom stereocenters. The first-order chi connectivity index (χ1) is 44.6. The number of hydrogen-bond donors (Lipinski definition) is 1. The van der Waals surface area contributed by atoms with Crippen LogP contribution in [0.3, 0.4) is 0 Å². The van der Waals surface area contributed by atoms with E-state index in [1.54, 1.807) is 0 Å². The maximum absolute atomic E-state index is 12.9. The average Bonchev–Trinajstić information content (AvgIpc) is 3.50. The van der Waals surface area contributed by atoms with Gasteiger partial charge in [0.2, 0.25) is 0 Å². The normalized spacial score (nSPS) is 13.5. The number of ether oxygens (including phenoxy) is 4. The van der Waals surface area contributed by atoms with Crippen molar-refractivity contribution >= 4 is 17.9 Å². The summed E-state index contributed by atoms with van der Waals surface area (Å²) in [6.45, 7) is 4.75. The highest BCUT2D eigenvalue weighted by atomic mass is 16.7. The molecule has 9 heteroatoms. The van der Waals surface area contributed by atoms with Crippen LogP contribution < -0.4 is 0 Å². The van der Waals surface area contributed by atoms with Gasteiger partial charge >= 0.3 is 17.9 Å². The third kappa shape index (κ3) is 72.7. The van der Waals surface area contributed by atoms with Crippen LogP contribution in [0, 0.1) is 0 Å². The van der Waals surface area contributed by atoms with Gasteiger partial charge in [-0.2, -0.15) is 0 Å². The molecular weight excluding hydrogens is 1130 g/mol. The Bertz CT molecular complexity index is 1960. The average molecular weight is 1270 g/mol. The number of carbonyl (C=O) groups excluding carboxylic acids is 2. The molecule has 0 aromatic rings. The van der Waals surface area contributed by atoms with E-state index < -0.39 is 24.3 Å². The zero-order chi connectivity index (χ0) is 66.1. The second kappa shape index (κ2) is 71.3. The van der Waals surface area contributed by atoms with Crippen LogP contribution in [0.4, 0.5) is 0 Å². The summed E-state index contributed by atoms with van der Waals surface area (Å²) >= 11 is 0. The van der Waals surface area contributed by atoms with Crippen molar-refractivity contribution in [1.82, 2.24) is 0 Å². The Hall–Kier alpha value is -4.57. The molecule has 0 rings (SSSR count).